The first-order valence-electron chi connectivity index (χ1n) is 3.64. The van der Waals surface area contributed by atoms with Crippen LogP contribution in [0.5, 0.6) is 0 Å². The summed E-state index contributed by atoms with van der Waals surface area (Å²) in [7, 11) is 0. The number of hydrogen-bond acceptors (Lipinski definition) is 1. The Morgan fingerprint density at radius 2 is 1.62 bits per heavy atom. The molecule has 0 unspecified atom stereocenters. The highest BCUT2D eigenvalue weighted by Crippen LogP contribution is 2.35. The van der Waals surface area contributed by atoms with Crippen LogP contribution >= 0.6 is 0 Å². The summed E-state index contributed by atoms with van der Waals surface area (Å²) in [5.74, 6) is -8.83. The average Bonchev–Trinajstić information content (AvgIpc) is 1.97. The van der Waals surface area contributed by atoms with Crippen molar-refractivity contribution < 1.29 is 36.2 Å². The molecule has 2 nitrogen and oxygen atoms in total. The van der Waals surface area contributed by atoms with Gasteiger partial charge in [-0.05, 0) is 0 Å². The van der Waals surface area contributed by atoms with Crippen molar-refractivity contribution in [3.8, 4) is 0 Å². The Morgan fingerprint density at radius 3 is 2.00 bits per heavy atom. The molecule has 0 amide bonds. The first kappa shape index (κ1) is 12.3. The number of aromatic carboxylic acids is 1. The van der Waals surface area contributed by atoms with Crippen molar-refractivity contribution in [3.05, 3.63) is 34.6 Å². The van der Waals surface area contributed by atoms with E-state index in [1.54, 1.807) is 0 Å². The molecule has 1 N–H and O–H groups in total. The van der Waals surface area contributed by atoms with Crippen molar-refractivity contribution in [1.29, 1.82) is 0 Å². The summed E-state index contributed by atoms with van der Waals surface area (Å²) in [6.07, 6.45) is -5.44. The van der Waals surface area contributed by atoms with Crippen LogP contribution in [0, 0.1) is 17.5 Å². The predicted molar refractivity (Wildman–Crippen MR) is 38.3 cm³/mol. The van der Waals surface area contributed by atoms with Crippen LogP contribution in [0.15, 0.2) is 6.07 Å². The lowest BCUT2D eigenvalue weighted by Gasteiger charge is -2.11. The molecule has 1 rings (SSSR count). The Hall–Kier alpha value is -1.73. The third-order valence-electron chi connectivity index (χ3n) is 1.67. The van der Waals surface area contributed by atoms with E-state index in [1.165, 1.54) is 0 Å². The van der Waals surface area contributed by atoms with Gasteiger partial charge in [0.25, 0.3) is 0 Å². The fourth-order valence-corrected chi connectivity index (χ4v) is 1.05. The average molecular weight is 244 g/mol. The fraction of sp³-hybridized carbons (Fsp3) is 0.125. The topological polar surface area (TPSA) is 37.3 Å². The molecule has 0 heterocycles. The highest BCUT2D eigenvalue weighted by atomic mass is 19.4. The SMILES string of the molecule is O=C(O)c1c(F)cc(F)c(C(F)(F)F)c1F. The minimum atomic E-state index is -5.44. The monoisotopic (exact) mass is 244 g/mol. The molecular weight excluding hydrogens is 242 g/mol. The number of carboxylic acids is 1. The third kappa shape index (κ3) is 1.95. The van der Waals surface area contributed by atoms with Gasteiger partial charge in [-0.15, -0.1) is 0 Å². The number of halogens is 6. The van der Waals surface area contributed by atoms with Crippen molar-refractivity contribution in [2.45, 2.75) is 6.18 Å². The zero-order chi connectivity index (χ0) is 12.7. The van der Waals surface area contributed by atoms with Crippen LogP contribution in [0.2, 0.25) is 0 Å². The maximum Gasteiger partial charge on any atom is 0.422 e. The zero-order valence-electron chi connectivity index (χ0n) is 7.20. The molecule has 0 fully saturated rings. The highest BCUT2D eigenvalue weighted by Gasteiger charge is 2.40. The van der Waals surface area contributed by atoms with Gasteiger partial charge in [0.1, 0.15) is 22.8 Å². The van der Waals surface area contributed by atoms with Crippen LogP contribution in [-0.2, 0) is 6.18 Å². The van der Waals surface area contributed by atoms with Gasteiger partial charge in [0.2, 0.25) is 0 Å². The minimum Gasteiger partial charge on any atom is -0.477 e. The number of alkyl halides is 3. The van der Waals surface area contributed by atoms with E-state index >= 15 is 0 Å². The van der Waals surface area contributed by atoms with E-state index in [1.807, 2.05) is 0 Å². The number of carboxylic acid groups (broad SMARTS) is 1. The zero-order valence-corrected chi connectivity index (χ0v) is 7.20. The van der Waals surface area contributed by atoms with Gasteiger partial charge in [0, 0.05) is 6.07 Å². The molecule has 88 valence electrons. The molecule has 0 aliphatic carbocycles. The summed E-state index contributed by atoms with van der Waals surface area (Å²) in [5.41, 5.74) is -4.26. The van der Waals surface area contributed by atoms with Gasteiger partial charge >= 0.3 is 12.1 Å². The van der Waals surface area contributed by atoms with Crippen LogP contribution in [0.4, 0.5) is 26.3 Å². The molecule has 0 aromatic heterocycles. The van der Waals surface area contributed by atoms with Gasteiger partial charge in [-0.1, -0.05) is 0 Å². The summed E-state index contributed by atoms with van der Waals surface area (Å²) in [6.45, 7) is 0. The fourth-order valence-electron chi connectivity index (χ4n) is 1.05. The van der Waals surface area contributed by atoms with Gasteiger partial charge in [-0.25, -0.2) is 18.0 Å². The van der Waals surface area contributed by atoms with E-state index in [2.05, 4.69) is 0 Å². The molecular formula is C8H2F6O2. The lowest BCUT2D eigenvalue weighted by molar-refractivity contribution is -0.142. The molecule has 0 bridgehead atoms. The Labute approximate surface area is 84.1 Å². The van der Waals surface area contributed by atoms with E-state index in [9.17, 15) is 31.1 Å². The highest BCUT2D eigenvalue weighted by molar-refractivity contribution is 5.88. The number of rotatable bonds is 1. The predicted octanol–water partition coefficient (Wildman–Crippen LogP) is 2.82. The normalized spacial score (nSPS) is 11.6. The first-order valence-corrected chi connectivity index (χ1v) is 3.64. The van der Waals surface area contributed by atoms with Crippen molar-refractivity contribution in [1.82, 2.24) is 0 Å². The molecule has 16 heavy (non-hydrogen) atoms. The quantitative estimate of drug-likeness (QED) is 0.771. The third-order valence-corrected chi connectivity index (χ3v) is 1.67. The van der Waals surface area contributed by atoms with E-state index < -0.39 is 40.7 Å². The van der Waals surface area contributed by atoms with Gasteiger partial charge in [0.05, 0.1) is 0 Å². The van der Waals surface area contributed by atoms with Gasteiger partial charge in [-0.3, -0.25) is 0 Å². The second-order valence-corrected chi connectivity index (χ2v) is 2.71. The molecule has 0 atom stereocenters. The summed E-state index contributed by atoms with van der Waals surface area (Å²) in [4.78, 5) is 10.3. The number of hydrogen-bond donors (Lipinski definition) is 1. The van der Waals surface area contributed by atoms with Crippen molar-refractivity contribution >= 4 is 5.97 Å². The standard InChI is InChI=1S/C8H2F6O2/c9-2-1-3(10)5(8(12,13)14)6(11)4(2)7(15)16/h1H,(H,15,16). The molecule has 0 aliphatic rings. The maximum absolute atomic E-state index is 13.0. The Morgan fingerprint density at radius 1 is 1.12 bits per heavy atom. The molecule has 1 aromatic carbocycles. The number of benzene rings is 1. The smallest absolute Gasteiger partial charge is 0.422 e. The van der Waals surface area contributed by atoms with Gasteiger partial charge in [-0.2, -0.15) is 13.2 Å². The Balaban J connectivity index is 3.65. The second kappa shape index (κ2) is 3.69. The Kier molecular flexibility index (Phi) is 2.85. The van der Waals surface area contributed by atoms with E-state index in [-0.39, 0.29) is 6.07 Å². The van der Waals surface area contributed by atoms with Crippen molar-refractivity contribution in [2.75, 3.05) is 0 Å². The summed E-state index contributed by atoms with van der Waals surface area (Å²) < 4.78 is 74.6. The molecule has 0 saturated carbocycles. The molecule has 0 saturated heterocycles. The van der Waals surface area contributed by atoms with Crippen molar-refractivity contribution in [3.63, 3.8) is 0 Å². The van der Waals surface area contributed by atoms with E-state index in [0.29, 0.717) is 0 Å². The van der Waals surface area contributed by atoms with Gasteiger partial charge < -0.3 is 5.11 Å². The lowest BCUT2D eigenvalue weighted by atomic mass is 10.1. The minimum absolute atomic E-state index is 0.324. The summed E-state index contributed by atoms with van der Waals surface area (Å²) >= 11 is 0. The van der Waals surface area contributed by atoms with Crippen LogP contribution in [-0.4, -0.2) is 11.1 Å². The maximum atomic E-state index is 13.0. The van der Waals surface area contributed by atoms with Crippen LogP contribution in [0.25, 0.3) is 0 Å². The largest absolute Gasteiger partial charge is 0.477 e. The van der Waals surface area contributed by atoms with Crippen LogP contribution in [0.1, 0.15) is 15.9 Å². The van der Waals surface area contributed by atoms with Crippen LogP contribution in [0.3, 0.4) is 0 Å². The lowest BCUT2D eigenvalue weighted by Crippen LogP contribution is -2.17. The Bertz CT molecular complexity index is 451. The second-order valence-electron chi connectivity index (χ2n) is 2.71. The van der Waals surface area contributed by atoms with E-state index in [0.717, 1.165) is 0 Å². The van der Waals surface area contributed by atoms with E-state index in [4.69, 9.17) is 5.11 Å². The molecule has 0 spiro atoms. The molecule has 8 heteroatoms. The van der Waals surface area contributed by atoms with Crippen LogP contribution < -0.4 is 0 Å². The first-order chi connectivity index (χ1) is 7.16. The van der Waals surface area contributed by atoms with Gasteiger partial charge in [0.15, 0.2) is 5.82 Å². The van der Waals surface area contributed by atoms with Crippen molar-refractivity contribution in [2.24, 2.45) is 0 Å². The summed E-state index contributed by atoms with van der Waals surface area (Å²) in [5, 5.41) is 8.26. The molecule has 0 aliphatic heterocycles. The molecule has 0 radical (unpaired) electrons. The summed E-state index contributed by atoms with van der Waals surface area (Å²) in [6, 6.07) is -0.324. The molecule has 1 aromatic rings. The number of carbonyl (C=O) groups is 1.